The third-order valence-electron chi connectivity index (χ3n) is 5.78. The van der Waals surface area contributed by atoms with Crippen LogP contribution in [-0.4, -0.2) is 69.4 Å². The predicted molar refractivity (Wildman–Crippen MR) is 110 cm³/mol. The van der Waals surface area contributed by atoms with Gasteiger partial charge in [0.05, 0.1) is 30.4 Å². The number of hydrogen-bond acceptors (Lipinski definition) is 6. The van der Waals surface area contributed by atoms with Crippen LogP contribution in [-0.2, 0) is 24.3 Å². The van der Waals surface area contributed by atoms with Crippen molar-refractivity contribution in [3.8, 4) is 5.75 Å². The molecule has 3 rings (SSSR count). The topological polar surface area (TPSA) is 93.2 Å². The minimum Gasteiger partial charge on any atom is -0.497 e. The number of rotatable bonds is 6. The highest BCUT2D eigenvalue weighted by Crippen LogP contribution is 2.28. The van der Waals surface area contributed by atoms with Gasteiger partial charge in [-0.1, -0.05) is 0 Å². The Hall–Kier alpha value is -2.13. The number of likely N-dealkylation sites (tertiary alicyclic amines) is 1. The molecule has 0 aliphatic carbocycles. The van der Waals surface area contributed by atoms with E-state index in [1.807, 2.05) is 0 Å². The minimum absolute atomic E-state index is 0.0707. The number of methoxy groups -OCH3 is 1. The molecule has 0 unspecified atom stereocenters. The normalized spacial score (nSPS) is 23.1. The van der Waals surface area contributed by atoms with Gasteiger partial charge >= 0.3 is 5.97 Å². The summed E-state index contributed by atoms with van der Waals surface area (Å²) in [5, 5.41) is 0. The molecule has 2 aliphatic heterocycles. The lowest BCUT2D eigenvalue weighted by Gasteiger charge is -2.37. The fourth-order valence-electron chi connectivity index (χ4n) is 4.15. The van der Waals surface area contributed by atoms with Gasteiger partial charge in [-0.3, -0.25) is 9.59 Å². The Kier molecular flexibility index (Phi) is 7.36. The van der Waals surface area contributed by atoms with Crippen LogP contribution in [0.15, 0.2) is 29.2 Å². The average molecular weight is 439 g/mol. The van der Waals surface area contributed by atoms with Gasteiger partial charge in [-0.05, 0) is 56.9 Å². The number of amides is 1. The zero-order chi connectivity index (χ0) is 21.7. The first-order valence-electron chi connectivity index (χ1n) is 10.5. The molecule has 2 aliphatic rings. The molecule has 2 fully saturated rings. The van der Waals surface area contributed by atoms with Gasteiger partial charge in [0.2, 0.25) is 15.9 Å². The second kappa shape index (κ2) is 9.78. The van der Waals surface area contributed by atoms with E-state index in [0.29, 0.717) is 51.3 Å². The van der Waals surface area contributed by atoms with E-state index in [2.05, 4.69) is 0 Å². The van der Waals surface area contributed by atoms with Crippen LogP contribution in [0.5, 0.6) is 5.75 Å². The number of hydrogen-bond donors (Lipinski definition) is 0. The lowest BCUT2D eigenvalue weighted by molar-refractivity contribution is -0.152. The van der Waals surface area contributed by atoms with Crippen molar-refractivity contribution in [1.82, 2.24) is 9.21 Å². The molecule has 0 spiro atoms. The monoisotopic (exact) mass is 438 g/mol. The summed E-state index contributed by atoms with van der Waals surface area (Å²) in [4.78, 5) is 27.1. The van der Waals surface area contributed by atoms with Gasteiger partial charge in [0.1, 0.15) is 5.75 Å². The Balaban J connectivity index is 1.67. The molecule has 30 heavy (non-hydrogen) atoms. The predicted octanol–water partition coefficient (Wildman–Crippen LogP) is 1.90. The third-order valence-corrected chi connectivity index (χ3v) is 7.66. The van der Waals surface area contributed by atoms with Crippen LogP contribution in [0.3, 0.4) is 0 Å². The van der Waals surface area contributed by atoms with Gasteiger partial charge < -0.3 is 14.4 Å². The highest BCUT2D eigenvalue weighted by Gasteiger charge is 2.37. The first-order valence-corrected chi connectivity index (χ1v) is 11.9. The summed E-state index contributed by atoms with van der Waals surface area (Å²) in [5.74, 6) is -0.444. The second-order valence-corrected chi connectivity index (χ2v) is 9.69. The molecule has 8 nitrogen and oxygen atoms in total. The summed E-state index contributed by atoms with van der Waals surface area (Å²) in [6.45, 7) is 3.58. The maximum atomic E-state index is 13.1. The summed E-state index contributed by atoms with van der Waals surface area (Å²) in [7, 11) is -2.16. The zero-order valence-corrected chi connectivity index (χ0v) is 18.4. The third kappa shape index (κ3) is 4.95. The Labute approximate surface area is 178 Å². The minimum atomic E-state index is -3.68. The van der Waals surface area contributed by atoms with Crippen LogP contribution >= 0.6 is 0 Å². The van der Waals surface area contributed by atoms with Gasteiger partial charge in [0, 0.05) is 26.2 Å². The van der Waals surface area contributed by atoms with E-state index in [4.69, 9.17) is 9.47 Å². The molecule has 1 aromatic rings. The summed E-state index contributed by atoms with van der Waals surface area (Å²) in [5.41, 5.74) is 0. The van der Waals surface area contributed by atoms with Crippen LogP contribution in [0.1, 0.15) is 32.6 Å². The van der Waals surface area contributed by atoms with Gasteiger partial charge in [-0.25, -0.2) is 8.42 Å². The molecule has 9 heteroatoms. The largest absolute Gasteiger partial charge is 0.497 e. The number of benzene rings is 1. The maximum absolute atomic E-state index is 13.1. The Morgan fingerprint density at radius 1 is 1.03 bits per heavy atom. The number of carbonyl (C=O) groups excluding carboxylic acids is 2. The van der Waals surface area contributed by atoms with E-state index in [-0.39, 0.29) is 29.2 Å². The van der Waals surface area contributed by atoms with Crippen LogP contribution in [0.2, 0.25) is 0 Å². The van der Waals surface area contributed by atoms with E-state index in [9.17, 15) is 18.0 Å². The van der Waals surface area contributed by atoms with Crippen molar-refractivity contribution < 1.29 is 27.5 Å². The van der Waals surface area contributed by atoms with Crippen LogP contribution < -0.4 is 4.74 Å². The van der Waals surface area contributed by atoms with Crippen molar-refractivity contribution in [1.29, 1.82) is 0 Å². The fraction of sp³-hybridized carbons (Fsp3) is 0.619. The molecule has 0 saturated carbocycles. The molecule has 166 valence electrons. The van der Waals surface area contributed by atoms with E-state index < -0.39 is 15.9 Å². The molecule has 1 amide bonds. The number of sulfonamides is 1. The lowest BCUT2D eigenvalue weighted by atomic mass is 9.94. The summed E-state index contributed by atoms with van der Waals surface area (Å²) < 4.78 is 37.7. The molecule has 2 saturated heterocycles. The van der Waals surface area contributed by atoms with Crippen molar-refractivity contribution in [3.63, 3.8) is 0 Å². The van der Waals surface area contributed by atoms with E-state index in [1.54, 1.807) is 24.0 Å². The first-order chi connectivity index (χ1) is 14.4. The lowest BCUT2D eigenvalue weighted by Crippen LogP contribution is -2.50. The van der Waals surface area contributed by atoms with E-state index >= 15 is 0 Å². The van der Waals surface area contributed by atoms with Crippen molar-refractivity contribution in [2.75, 3.05) is 39.9 Å². The quantitative estimate of drug-likeness (QED) is 0.630. The highest BCUT2D eigenvalue weighted by atomic mass is 32.2. The Morgan fingerprint density at radius 2 is 1.70 bits per heavy atom. The number of piperidine rings is 2. The highest BCUT2D eigenvalue weighted by molar-refractivity contribution is 7.89. The Bertz CT molecular complexity index is 855. The molecule has 0 radical (unpaired) electrons. The fourth-order valence-corrected chi connectivity index (χ4v) is 5.67. The summed E-state index contributed by atoms with van der Waals surface area (Å²) in [6.07, 6.45) is 2.73. The van der Waals surface area contributed by atoms with Gasteiger partial charge in [-0.15, -0.1) is 0 Å². The van der Waals surface area contributed by atoms with Crippen LogP contribution in [0.4, 0.5) is 0 Å². The van der Waals surface area contributed by atoms with E-state index in [1.165, 1.54) is 23.5 Å². The number of esters is 1. The van der Waals surface area contributed by atoms with Crippen molar-refractivity contribution >= 4 is 21.9 Å². The van der Waals surface area contributed by atoms with E-state index in [0.717, 1.165) is 6.42 Å². The smallest absolute Gasteiger partial charge is 0.310 e. The first kappa shape index (κ1) is 22.6. The number of nitrogens with zero attached hydrogens (tertiary/aromatic N) is 2. The molecule has 1 aromatic carbocycles. The maximum Gasteiger partial charge on any atom is 0.310 e. The number of carbonyl (C=O) groups is 2. The summed E-state index contributed by atoms with van der Waals surface area (Å²) >= 11 is 0. The number of ether oxygens (including phenoxy) is 2. The molecule has 0 bridgehead atoms. The average Bonchev–Trinajstić information content (AvgIpc) is 2.79. The van der Waals surface area contributed by atoms with Crippen molar-refractivity contribution in [2.45, 2.75) is 37.5 Å². The van der Waals surface area contributed by atoms with Crippen molar-refractivity contribution in [2.24, 2.45) is 11.8 Å². The molecule has 0 N–H and O–H groups in total. The summed E-state index contributed by atoms with van der Waals surface area (Å²) in [6, 6.07) is 6.27. The van der Waals surface area contributed by atoms with Crippen LogP contribution in [0, 0.1) is 11.8 Å². The van der Waals surface area contributed by atoms with Gasteiger partial charge in [0.15, 0.2) is 0 Å². The van der Waals surface area contributed by atoms with Crippen LogP contribution in [0.25, 0.3) is 0 Å². The van der Waals surface area contributed by atoms with Crippen molar-refractivity contribution in [3.05, 3.63) is 24.3 Å². The molecular formula is C21H30N2O6S. The standard InChI is InChI=1S/C21H30N2O6S/c1-3-29-21(25)17-7-4-12-22(14-17)20(24)16-6-5-13-23(15-16)30(26,27)19-10-8-18(28-2)9-11-19/h8-11,16-17H,3-7,12-15H2,1-2H3/t16-,17-/m1/s1. The molecule has 2 heterocycles. The zero-order valence-electron chi connectivity index (χ0n) is 17.6. The Morgan fingerprint density at radius 3 is 2.37 bits per heavy atom. The molecular weight excluding hydrogens is 408 g/mol. The molecule has 2 atom stereocenters. The SMILES string of the molecule is CCOC(=O)[C@@H]1CCCN(C(=O)[C@@H]2CCCN(S(=O)(=O)c3ccc(OC)cc3)C2)C1. The second-order valence-electron chi connectivity index (χ2n) is 7.75. The van der Waals surface area contributed by atoms with Gasteiger partial charge in [-0.2, -0.15) is 4.31 Å². The van der Waals surface area contributed by atoms with Gasteiger partial charge in [0.25, 0.3) is 0 Å². The molecule has 0 aromatic heterocycles.